The number of carboxylic acid groups (broad SMARTS) is 1. The van der Waals surface area contributed by atoms with Crippen molar-refractivity contribution in [3.8, 4) is 0 Å². The van der Waals surface area contributed by atoms with Gasteiger partial charge in [0, 0.05) is 6.54 Å². The highest BCUT2D eigenvalue weighted by Crippen LogP contribution is 2.46. The summed E-state index contributed by atoms with van der Waals surface area (Å²) in [5.74, 6) is -1.37. The Morgan fingerprint density at radius 2 is 2.00 bits per heavy atom. The molecule has 1 aliphatic carbocycles. The lowest BCUT2D eigenvalue weighted by atomic mass is 10.0. The molecule has 0 spiro atoms. The second-order valence-electron chi connectivity index (χ2n) is 5.64. The van der Waals surface area contributed by atoms with E-state index in [9.17, 15) is 9.59 Å². The van der Waals surface area contributed by atoms with Gasteiger partial charge in [-0.3, -0.25) is 9.59 Å². The Bertz CT molecular complexity index is 346. The summed E-state index contributed by atoms with van der Waals surface area (Å²) in [5.41, 5.74) is -1.27. The number of aliphatic carboxylic acids is 1. The van der Waals surface area contributed by atoms with E-state index in [4.69, 9.17) is 9.84 Å². The van der Waals surface area contributed by atoms with Gasteiger partial charge >= 0.3 is 5.97 Å². The molecule has 1 saturated carbocycles. The standard InChI is InChI=1S/C12H19NO4/c1-11(2)4-3-8(17-11)7-13-9(14)12(5-6-12)10(15)16/h8H,3-7H2,1-2H3,(H,13,14)(H,15,16). The molecule has 0 aromatic rings. The van der Waals surface area contributed by atoms with E-state index in [1.165, 1.54) is 0 Å². The summed E-state index contributed by atoms with van der Waals surface area (Å²) in [5, 5.41) is 11.7. The molecule has 2 fully saturated rings. The second-order valence-corrected chi connectivity index (χ2v) is 5.64. The van der Waals surface area contributed by atoms with Crippen LogP contribution in [-0.4, -0.2) is 35.2 Å². The van der Waals surface area contributed by atoms with Crippen LogP contribution in [0.3, 0.4) is 0 Å². The predicted molar refractivity (Wildman–Crippen MR) is 60.5 cm³/mol. The van der Waals surface area contributed by atoms with Crippen LogP contribution in [0.1, 0.15) is 39.5 Å². The molecule has 1 aliphatic heterocycles. The minimum Gasteiger partial charge on any atom is -0.480 e. The minimum absolute atomic E-state index is 0.0125. The zero-order chi connectivity index (χ0) is 12.7. The van der Waals surface area contributed by atoms with E-state index in [2.05, 4.69) is 5.32 Å². The molecule has 1 saturated heterocycles. The maximum atomic E-state index is 11.7. The Morgan fingerprint density at radius 1 is 1.35 bits per heavy atom. The topological polar surface area (TPSA) is 75.6 Å². The highest BCUT2D eigenvalue weighted by Gasteiger charge is 2.57. The van der Waals surface area contributed by atoms with Crippen LogP contribution in [0, 0.1) is 5.41 Å². The average molecular weight is 241 g/mol. The van der Waals surface area contributed by atoms with E-state index in [0.717, 1.165) is 12.8 Å². The van der Waals surface area contributed by atoms with E-state index in [0.29, 0.717) is 19.4 Å². The molecule has 5 heteroatoms. The molecular weight excluding hydrogens is 222 g/mol. The number of hydrogen-bond acceptors (Lipinski definition) is 3. The van der Waals surface area contributed by atoms with Crippen molar-refractivity contribution in [1.82, 2.24) is 5.32 Å². The summed E-state index contributed by atoms with van der Waals surface area (Å²) >= 11 is 0. The van der Waals surface area contributed by atoms with Gasteiger partial charge in [0.15, 0.2) is 0 Å². The molecule has 5 nitrogen and oxygen atoms in total. The highest BCUT2D eigenvalue weighted by molar-refractivity contribution is 6.04. The van der Waals surface area contributed by atoms with E-state index in [1.807, 2.05) is 13.8 Å². The third kappa shape index (κ3) is 2.44. The minimum atomic E-state index is -1.14. The van der Waals surface area contributed by atoms with Gasteiger partial charge in [0.25, 0.3) is 0 Å². The fourth-order valence-corrected chi connectivity index (χ4v) is 2.26. The molecule has 2 N–H and O–H groups in total. The van der Waals surface area contributed by atoms with E-state index < -0.39 is 11.4 Å². The van der Waals surface area contributed by atoms with Gasteiger partial charge in [-0.1, -0.05) is 0 Å². The lowest BCUT2D eigenvalue weighted by Gasteiger charge is -2.20. The van der Waals surface area contributed by atoms with Gasteiger partial charge in [0.2, 0.25) is 5.91 Å². The molecule has 1 amide bonds. The summed E-state index contributed by atoms with van der Waals surface area (Å²) in [6.07, 6.45) is 2.79. The lowest BCUT2D eigenvalue weighted by Crippen LogP contribution is -2.41. The lowest BCUT2D eigenvalue weighted by molar-refractivity contribution is -0.149. The summed E-state index contributed by atoms with van der Waals surface area (Å²) in [6.45, 7) is 4.46. The van der Waals surface area contributed by atoms with Crippen LogP contribution in [0.15, 0.2) is 0 Å². The third-order valence-electron chi connectivity index (χ3n) is 3.64. The number of carbonyl (C=O) groups is 2. The van der Waals surface area contributed by atoms with Gasteiger partial charge in [-0.2, -0.15) is 0 Å². The van der Waals surface area contributed by atoms with Crippen molar-refractivity contribution >= 4 is 11.9 Å². The Labute approximate surface area is 101 Å². The molecule has 0 bridgehead atoms. The van der Waals surface area contributed by atoms with E-state index in [1.54, 1.807) is 0 Å². The van der Waals surface area contributed by atoms with Crippen molar-refractivity contribution in [2.24, 2.45) is 5.41 Å². The predicted octanol–water partition coefficient (Wildman–Crippen LogP) is 0.925. The molecule has 2 rings (SSSR count). The fourth-order valence-electron chi connectivity index (χ4n) is 2.26. The zero-order valence-electron chi connectivity index (χ0n) is 10.3. The summed E-state index contributed by atoms with van der Waals surface area (Å²) in [6, 6.07) is 0. The molecule has 96 valence electrons. The van der Waals surface area contributed by atoms with Gasteiger partial charge in [-0.25, -0.2) is 0 Å². The largest absolute Gasteiger partial charge is 0.480 e. The average Bonchev–Trinajstić information content (AvgIpc) is 2.97. The number of hydrogen-bond donors (Lipinski definition) is 2. The maximum absolute atomic E-state index is 11.7. The normalized spacial score (nSPS) is 28.7. The van der Waals surface area contributed by atoms with Crippen molar-refractivity contribution in [1.29, 1.82) is 0 Å². The van der Waals surface area contributed by atoms with Crippen molar-refractivity contribution in [3.63, 3.8) is 0 Å². The number of amides is 1. The Kier molecular flexibility index (Phi) is 2.89. The number of nitrogens with one attached hydrogen (secondary N) is 1. The number of carboxylic acids is 1. The van der Waals surface area contributed by atoms with Crippen LogP contribution < -0.4 is 5.32 Å². The van der Waals surface area contributed by atoms with Crippen LogP contribution in [0.25, 0.3) is 0 Å². The molecule has 0 aromatic carbocycles. The second kappa shape index (κ2) is 3.98. The van der Waals surface area contributed by atoms with Crippen LogP contribution in [0.2, 0.25) is 0 Å². The zero-order valence-corrected chi connectivity index (χ0v) is 10.3. The fraction of sp³-hybridized carbons (Fsp3) is 0.833. The van der Waals surface area contributed by atoms with Crippen LogP contribution >= 0.6 is 0 Å². The highest BCUT2D eigenvalue weighted by atomic mass is 16.5. The first-order valence-electron chi connectivity index (χ1n) is 6.05. The summed E-state index contributed by atoms with van der Waals surface area (Å²) in [7, 11) is 0. The van der Waals surface area contributed by atoms with Gasteiger partial charge in [0.05, 0.1) is 11.7 Å². The number of ether oxygens (including phenoxy) is 1. The third-order valence-corrected chi connectivity index (χ3v) is 3.64. The molecule has 17 heavy (non-hydrogen) atoms. The summed E-state index contributed by atoms with van der Waals surface area (Å²) in [4.78, 5) is 22.7. The van der Waals surface area contributed by atoms with Crippen LogP contribution in [0.5, 0.6) is 0 Å². The van der Waals surface area contributed by atoms with Crippen molar-refractivity contribution < 1.29 is 19.4 Å². The van der Waals surface area contributed by atoms with Crippen molar-refractivity contribution in [2.75, 3.05) is 6.54 Å². The quantitative estimate of drug-likeness (QED) is 0.718. The van der Waals surface area contributed by atoms with Crippen molar-refractivity contribution in [3.05, 3.63) is 0 Å². The Morgan fingerprint density at radius 3 is 2.41 bits per heavy atom. The maximum Gasteiger partial charge on any atom is 0.319 e. The Balaban J connectivity index is 1.80. The Hall–Kier alpha value is -1.10. The first-order chi connectivity index (χ1) is 7.86. The van der Waals surface area contributed by atoms with Crippen LogP contribution in [-0.2, 0) is 14.3 Å². The molecular formula is C12H19NO4. The number of rotatable bonds is 4. The molecule has 1 heterocycles. The van der Waals surface area contributed by atoms with Gasteiger partial charge in [-0.05, 0) is 39.5 Å². The molecule has 2 aliphatic rings. The van der Waals surface area contributed by atoms with Gasteiger partial charge in [0.1, 0.15) is 5.41 Å². The summed E-state index contributed by atoms with van der Waals surface area (Å²) < 4.78 is 5.73. The molecule has 0 radical (unpaired) electrons. The van der Waals surface area contributed by atoms with Gasteiger partial charge in [-0.15, -0.1) is 0 Å². The van der Waals surface area contributed by atoms with Crippen LogP contribution in [0.4, 0.5) is 0 Å². The molecule has 1 atom stereocenters. The first kappa shape index (κ1) is 12.4. The monoisotopic (exact) mass is 241 g/mol. The van der Waals surface area contributed by atoms with E-state index >= 15 is 0 Å². The SMILES string of the molecule is CC1(C)CCC(CNC(=O)C2(C(=O)O)CC2)O1. The van der Waals surface area contributed by atoms with Gasteiger partial charge < -0.3 is 15.2 Å². The van der Waals surface area contributed by atoms with E-state index in [-0.39, 0.29) is 17.6 Å². The van der Waals surface area contributed by atoms with Crippen molar-refractivity contribution in [2.45, 2.75) is 51.2 Å². The first-order valence-corrected chi connectivity index (χ1v) is 6.05. The number of carbonyl (C=O) groups excluding carboxylic acids is 1. The smallest absolute Gasteiger partial charge is 0.319 e. The molecule has 0 aromatic heterocycles. The molecule has 1 unspecified atom stereocenters.